The van der Waals surface area contributed by atoms with Crippen LogP contribution in [0.25, 0.3) is 11.2 Å². The zero-order chi connectivity index (χ0) is 25.5. The van der Waals surface area contributed by atoms with Gasteiger partial charge in [0.25, 0.3) is 0 Å². The van der Waals surface area contributed by atoms with Crippen molar-refractivity contribution in [3.63, 3.8) is 0 Å². The highest BCUT2D eigenvalue weighted by atomic mass is 35.5. The second kappa shape index (κ2) is 10.3. The van der Waals surface area contributed by atoms with Gasteiger partial charge in [-0.3, -0.25) is 13.7 Å². The van der Waals surface area contributed by atoms with Gasteiger partial charge in [0.2, 0.25) is 5.28 Å². The third kappa shape index (κ3) is 5.71. The quantitative estimate of drug-likeness (QED) is 0.304. The van der Waals surface area contributed by atoms with Crippen LogP contribution in [-0.4, -0.2) is 85.5 Å². The summed E-state index contributed by atoms with van der Waals surface area (Å²) in [5.74, 6) is -0.668. The van der Waals surface area contributed by atoms with E-state index in [4.69, 9.17) is 30.6 Å². The number of imidazole rings is 1. The molecule has 1 saturated heterocycles. The molecule has 2 aromatic heterocycles. The van der Waals surface area contributed by atoms with Crippen molar-refractivity contribution in [3.05, 3.63) is 11.6 Å². The van der Waals surface area contributed by atoms with Gasteiger partial charge in [0.1, 0.15) is 12.2 Å². The smallest absolute Gasteiger partial charge is 0.342 e. The highest BCUT2D eigenvalue weighted by molar-refractivity contribution is 7.70. The Bertz CT molecular complexity index is 1160. The Morgan fingerprint density at radius 3 is 2.63 bits per heavy atom. The number of halogens is 2. The monoisotopic (exact) mass is 557 g/mol. The molecule has 0 amide bonds. The molecule has 35 heavy (non-hydrogen) atoms. The zero-order valence-electron chi connectivity index (χ0n) is 19.0. The molecule has 196 valence electrons. The van der Waals surface area contributed by atoms with Crippen LogP contribution in [0.5, 0.6) is 0 Å². The Morgan fingerprint density at radius 2 is 2.00 bits per heavy atom. The van der Waals surface area contributed by atoms with Gasteiger partial charge in [-0.15, -0.1) is 0 Å². The van der Waals surface area contributed by atoms with Crippen molar-refractivity contribution in [1.82, 2.24) is 19.5 Å². The molecule has 0 aromatic carbocycles. The lowest BCUT2D eigenvalue weighted by Gasteiger charge is -2.25. The zero-order valence-corrected chi connectivity index (χ0v) is 21.5. The second-order valence-electron chi connectivity index (χ2n) is 8.58. The fraction of sp³-hybridized carbons (Fsp3) is 0.722. The molecule has 2 fully saturated rings. The number of aliphatic hydroxyl groups is 1. The van der Waals surface area contributed by atoms with Crippen molar-refractivity contribution in [2.45, 2.75) is 56.3 Å². The summed E-state index contributed by atoms with van der Waals surface area (Å²) in [5, 5.41) is 10.3. The number of aromatic nitrogens is 4. The van der Waals surface area contributed by atoms with Crippen LogP contribution in [-0.2, 0) is 22.9 Å². The molecule has 1 unspecified atom stereocenters. The molecular formula is C18H27ClFN5O8P2. The highest BCUT2D eigenvalue weighted by Crippen LogP contribution is 2.58. The summed E-state index contributed by atoms with van der Waals surface area (Å²) >= 11 is 6.17. The molecule has 1 aliphatic heterocycles. The second-order valence-corrected chi connectivity index (χ2v) is 13.2. The molecule has 0 spiro atoms. The van der Waals surface area contributed by atoms with E-state index in [2.05, 4.69) is 19.5 Å². The number of alkyl halides is 1. The van der Waals surface area contributed by atoms with Crippen LogP contribution in [0.3, 0.4) is 0 Å². The van der Waals surface area contributed by atoms with E-state index in [0.29, 0.717) is 11.3 Å². The van der Waals surface area contributed by atoms with Gasteiger partial charge in [0.05, 0.1) is 12.9 Å². The van der Waals surface area contributed by atoms with Gasteiger partial charge in [-0.05, 0) is 24.4 Å². The van der Waals surface area contributed by atoms with E-state index in [9.17, 15) is 14.2 Å². The molecule has 5 atom stereocenters. The summed E-state index contributed by atoms with van der Waals surface area (Å²) in [5.41, 5.74) is 0.592. The molecular weight excluding hydrogens is 531 g/mol. The average molecular weight is 558 g/mol. The number of hydrogen-bond donors (Lipinski definition) is 3. The van der Waals surface area contributed by atoms with Gasteiger partial charge in [0, 0.05) is 20.2 Å². The third-order valence-electron chi connectivity index (χ3n) is 6.22. The van der Waals surface area contributed by atoms with E-state index >= 15 is 4.39 Å². The maximum atomic E-state index is 15.1. The maximum Gasteiger partial charge on any atom is 0.342 e. The molecule has 0 bridgehead atoms. The first kappa shape index (κ1) is 26.8. The minimum absolute atomic E-state index is 0.0635. The first-order valence-corrected chi connectivity index (χ1v) is 14.8. The minimum Gasteiger partial charge on any atom is -0.387 e. The number of aliphatic hydroxyl groups excluding tert-OH is 1. The Kier molecular flexibility index (Phi) is 7.88. The summed E-state index contributed by atoms with van der Waals surface area (Å²) in [6.07, 6.45) is -0.812. The lowest BCUT2D eigenvalue weighted by molar-refractivity contribution is -0.0429. The van der Waals surface area contributed by atoms with Crippen molar-refractivity contribution < 1.29 is 42.2 Å². The number of hydrogen-bond acceptors (Lipinski definition) is 10. The summed E-state index contributed by atoms with van der Waals surface area (Å²) in [6, 6.07) is 0.263. The molecule has 4 rings (SSSR count). The molecule has 1 aliphatic carbocycles. The largest absolute Gasteiger partial charge is 0.387 e. The van der Waals surface area contributed by atoms with E-state index in [0.717, 1.165) is 32.8 Å². The third-order valence-corrected chi connectivity index (χ3v) is 10.3. The van der Waals surface area contributed by atoms with Crippen molar-refractivity contribution in [1.29, 1.82) is 0 Å². The summed E-state index contributed by atoms with van der Waals surface area (Å²) in [6.45, 7) is -0.638. The number of anilines is 1. The first-order chi connectivity index (χ1) is 16.4. The lowest BCUT2D eigenvalue weighted by Crippen LogP contribution is -2.31. The van der Waals surface area contributed by atoms with Crippen LogP contribution in [0.1, 0.15) is 31.9 Å². The Morgan fingerprint density at radius 1 is 1.31 bits per heavy atom. The molecule has 2 aromatic rings. The van der Waals surface area contributed by atoms with Gasteiger partial charge >= 0.3 is 15.2 Å². The van der Waals surface area contributed by atoms with Crippen molar-refractivity contribution in [2.24, 2.45) is 0 Å². The fourth-order valence-electron chi connectivity index (χ4n) is 4.40. The van der Waals surface area contributed by atoms with Crippen LogP contribution < -0.4 is 4.90 Å². The van der Waals surface area contributed by atoms with Crippen LogP contribution in [0.15, 0.2) is 6.33 Å². The van der Waals surface area contributed by atoms with E-state index in [-0.39, 0.29) is 17.0 Å². The van der Waals surface area contributed by atoms with E-state index in [1.54, 1.807) is 0 Å². The topological polar surface area (TPSA) is 169 Å². The molecule has 17 heteroatoms. The van der Waals surface area contributed by atoms with Gasteiger partial charge < -0.3 is 33.6 Å². The predicted molar refractivity (Wildman–Crippen MR) is 123 cm³/mol. The SMILES string of the molecule is COP(=O)(CP(=O)(O)O)OC[C@H]1O[C@@H](n2cnc3c(N(C)C4CCCC4)nc(Cl)nc32)[C@@H](F)[C@@H]1O. The number of fused-ring (bicyclic) bond motifs is 1. The van der Waals surface area contributed by atoms with E-state index in [1.165, 1.54) is 10.9 Å². The number of ether oxygens (including phenoxy) is 1. The number of rotatable bonds is 9. The molecule has 13 nitrogen and oxygen atoms in total. The Balaban J connectivity index is 1.56. The molecule has 2 aliphatic rings. The maximum absolute atomic E-state index is 15.1. The van der Waals surface area contributed by atoms with Crippen molar-refractivity contribution in [2.75, 3.05) is 31.6 Å². The standard InChI is InChI=1S/C18H27ClFN5O8P2/c1-24(10-5-3-4-6-10)15-13-16(23-18(19)22-15)25(8-21-13)17-12(20)14(26)11(33-17)7-32-35(30,31-2)9-34(27,28)29/h8,10-12,14,17,26H,3-7,9H2,1-2H3,(H2,27,28,29)/t11-,12+,14-,17-,35?/m1/s1. The predicted octanol–water partition coefficient (Wildman–Crippen LogP) is 2.45. The van der Waals surface area contributed by atoms with Crippen molar-refractivity contribution >= 4 is 43.8 Å². The summed E-state index contributed by atoms with van der Waals surface area (Å²) < 4.78 is 55.4. The fourth-order valence-corrected chi connectivity index (χ4v) is 7.63. The molecule has 0 radical (unpaired) electrons. The van der Waals surface area contributed by atoms with Crippen LogP contribution in [0.4, 0.5) is 10.2 Å². The van der Waals surface area contributed by atoms with Crippen LogP contribution in [0.2, 0.25) is 5.28 Å². The summed E-state index contributed by atoms with van der Waals surface area (Å²) in [7, 11) is -6.09. The normalized spacial score (nSPS) is 27.5. The van der Waals surface area contributed by atoms with Gasteiger partial charge in [0.15, 0.2) is 35.3 Å². The lowest BCUT2D eigenvalue weighted by atomic mass is 10.1. The van der Waals surface area contributed by atoms with Crippen LogP contribution in [0, 0.1) is 0 Å². The number of nitrogens with zero attached hydrogens (tertiary/aromatic N) is 5. The van der Waals surface area contributed by atoms with E-state index in [1.807, 2.05) is 11.9 Å². The minimum atomic E-state index is -4.73. The van der Waals surface area contributed by atoms with Gasteiger partial charge in [-0.25, -0.2) is 9.37 Å². The van der Waals surface area contributed by atoms with Gasteiger partial charge in [-0.1, -0.05) is 12.8 Å². The molecule has 3 N–H and O–H groups in total. The Labute approximate surface area is 205 Å². The van der Waals surface area contributed by atoms with E-state index < -0.39 is 52.3 Å². The molecule has 3 heterocycles. The van der Waals surface area contributed by atoms with Gasteiger partial charge in [-0.2, -0.15) is 9.97 Å². The Hall–Kier alpha value is -1.21. The van der Waals surface area contributed by atoms with Crippen molar-refractivity contribution in [3.8, 4) is 0 Å². The first-order valence-electron chi connectivity index (χ1n) is 10.9. The molecule has 1 saturated carbocycles. The average Bonchev–Trinajstić information content (AvgIpc) is 3.51. The summed E-state index contributed by atoms with van der Waals surface area (Å²) in [4.78, 5) is 33.0. The highest BCUT2D eigenvalue weighted by Gasteiger charge is 2.47. The van der Waals surface area contributed by atoms with Crippen LogP contribution >= 0.6 is 26.8 Å².